The van der Waals surface area contributed by atoms with Gasteiger partial charge in [0.25, 0.3) is 5.91 Å². The van der Waals surface area contributed by atoms with E-state index in [9.17, 15) is 4.79 Å². The zero-order chi connectivity index (χ0) is 15.8. The van der Waals surface area contributed by atoms with E-state index in [1.54, 1.807) is 0 Å². The van der Waals surface area contributed by atoms with Crippen molar-refractivity contribution in [1.82, 2.24) is 5.32 Å². The van der Waals surface area contributed by atoms with Crippen molar-refractivity contribution < 1.29 is 14.1 Å². The highest BCUT2D eigenvalue weighted by Gasteiger charge is 2.51. The van der Waals surface area contributed by atoms with Crippen molar-refractivity contribution >= 4 is 18.5 Å². The molecular formula is C16H24BNO3. The van der Waals surface area contributed by atoms with Gasteiger partial charge in [0.1, 0.15) is 0 Å². The van der Waals surface area contributed by atoms with Crippen LogP contribution in [0.4, 0.5) is 0 Å². The Balaban J connectivity index is 2.24. The summed E-state index contributed by atoms with van der Waals surface area (Å²) in [6.45, 7) is 12.6. The SMILES string of the molecule is CCNC(=O)c1ccc(B2OC(C)(C)C(C)(C)O2)cc1C. The quantitative estimate of drug-likeness (QED) is 0.866. The molecule has 1 aromatic carbocycles. The Morgan fingerprint density at radius 3 is 2.24 bits per heavy atom. The van der Waals surface area contributed by atoms with Gasteiger partial charge in [0.05, 0.1) is 11.2 Å². The first kappa shape index (κ1) is 16.1. The molecule has 0 aliphatic carbocycles. The van der Waals surface area contributed by atoms with E-state index in [0.717, 1.165) is 11.0 Å². The Morgan fingerprint density at radius 1 is 1.19 bits per heavy atom. The largest absolute Gasteiger partial charge is 0.494 e. The molecule has 1 amide bonds. The van der Waals surface area contributed by atoms with Gasteiger partial charge in [-0.05, 0) is 58.6 Å². The van der Waals surface area contributed by atoms with Gasteiger partial charge in [-0.15, -0.1) is 0 Å². The van der Waals surface area contributed by atoms with Crippen LogP contribution in [0.25, 0.3) is 0 Å². The Kier molecular flexibility index (Phi) is 4.18. The zero-order valence-electron chi connectivity index (χ0n) is 13.7. The number of hydrogen-bond donors (Lipinski definition) is 1. The normalized spacial score (nSPS) is 19.6. The minimum absolute atomic E-state index is 0.0459. The van der Waals surface area contributed by atoms with Crippen molar-refractivity contribution in [3.05, 3.63) is 29.3 Å². The van der Waals surface area contributed by atoms with Crippen molar-refractivity contribution in [1.29, 1.82) is 0 Å². The van der Waals surface area contributed by atoms with Crippen LogP contribution in [-0.2, 0) is 9.31 Å². The third-order valence-corrected chi connectivity index (χ3v) is 4.36. The molecule has 1 fully saturated rings. The van der Waals surface area contributed by atoms with E-state index in [-0.39, 0.29) is 17.1 Å². The average molecular weight is 289 g/mol. The molecule has 4 nitrogen and oxygen atoms in total. The lowest BCUT2D eigenvalue weighted by molar-refractivity contribution is 0.00578. The number of benzene rings is 1. The first-order chi connectivity index (χ1) is 9.68. The van der Waals surface area contributed by atoms with Crippen LogP contribution >= 0.6 is 0 Å². The van der Waals surface area contributed by atoms with E-state index in [0.29, 0.717) is 12.1 Å². The molecule has 1 aliphatic heterocycles. The number of amides is 1. The summed E-state index contributed by atoms with van der Waals surface area (Å²) < 4.78 is 12.1. The van der Waals surface area contributed by atoms with Crippen LogP contribution in [0.5, 0.6) is 0 Å². The third-order valence-electron chi connectivity index (χ3n) is 4.36. The van der Waals surface area contributed by atoms with Crippen LogP contribution in [-0.4, -0.2) is 30.8 Å². The molecule has 2 rings (SSSR count). The van der Waals surface area contributed by atoms with Crippen molar-refractivity contribution in [2.45, 2.75) is 52.7 Å². The molecule has 0 aromatic heterocycles. The van der Waals surface area contributed by atoms with Gasteiger partial charge in [-0.3, -0.25) is 4.79 Å². The molecular weight excluding hydrogens is 265 g/mol. The molecule has 1 aliphatic rings. The molecule has 0 saturated carbocycles. The minimum atomic E-state index is -0.392. The molecule has 21 heavy (non-hydrogen) atoms. The first-order valence-corrected chi connectivity index (χ1v) is 7.42. The predicted octanol–water partition coefficient (Wildman–Crippen LogP) is 2.04. The molecule has 0 radical (unpaired) electrons. The van der Waals surface area contributed by atoms with E-state index in [1.165, 1.54) is 0 Å². The Morgan fingerprint density at radius 2 is 1.76 bits per heavy atom. The Labute approximate surface area is 127 Å². The summed E-state index contributed by atoms with van der Waals surface area (Å²) in [5.74, 6) is -0.0459. The summed E-state index contributed by atoms with van der Waals surface area (Å²) in [7, 11) is -0.392. The maximum atomic E-state index is 11.9. The number of rotatable bonds is 3. The number of aryl methyl sites for hydroxylation is 1. The van der Waals surface area contributed by atoms with E-state index < -0.39 is 7.12 Å². The molecule has 1 saturated heterocycles. The van der Waals surface area contributed by atoms with Crippen molar-refractivity contribution in [2.75, 3.05) is 6.54 Å². The molecule has 0 unspecified atom stereocenters. The Hall–Kier alpha value is -1.33. The standard InChI is InChI=1S/C16H24BNO3/c1-7-18-14(19)13-9-8-12(10-11(13)2)17-20-15(3,4)16(5,6)21-17/h8-10H,7H2,1-6H3,(H,18,19). The third kappa shape index (κ3) is 2.99. The van der Waals surface area contributed by atoms with Crippen molar-refractivity contribution in [3.8, 4) is 0 Å². The lowest BCUT2D eigenvalue weighted by atomic mass is 9.78. The highest BCUT2D eigenvalue weighted by atomic mass is 16.7. The first-order valence-electron chi connectivity index (χ1n) is 7.42. The van der Waals surface area contributed by atoms with Gasteiger partial charge < -0.3 is 14.6 Å². The van der Waals surface area contributed by atoms with Crippen molar-refractivity contribution in [3.63, 3.8) is 0 Å². The van der Waals surface area contributed by atoms with Gasteiger partial charge in [0.2, 0.25) is 0 Å². The maximum Gasteiger partial charge on any atom is 0.494 e. The fourth-order valence-electron chi connectivity index (χ4n) is 2.32. The fourth-order valence-corrected chi connectivity index (χ4v) is 2.32. The molecule has 0 bridgehead atoms. The zero-order valence-corrected chi connectivity index (χ0v) is 13.7. The summed E-state index contributed by atoms with van der Waals surface area (Å²) in [4.78, 5) is 11.9. The van der Waals surface area contributed by atoms with Gasteiger partial charge in [0.15, 0.2) is 0 Å². The molecule has 1 aromatic rings. The van der Waals surface area contributed by atoms with Gasteiger partial charge in [-0.2, -0.15) is 0 Å². The minimum Gasteiger partial charge on any atom is -0.399 e. The summed E-state index contributed by atoms with van der Waals surface area (Å²) in [6.07, 6.45) is 0. The summed E-state index contributed by atoms with van der Waals surface area (Å²) >= 11 is 0. The summed E-state index contributed by atoms with van der Waals surface area (Å²) in [5.41, 5.74) is 1.85. The van der Waals surface area contributed by atoms with Crippen molar-refractivity contribution in [2.24, 2.45) is 0 Å². The van der Waals surface area contributed by atoms with E-state index in [1.807, 2.05) is 59.7 Å². The van der Waals surface area contributed by atoms with Crippen LogP contribution < -0.4 is 10.8 Å². The molecule has 0 spiro atoms. The van der Waals surface area contributed by atoms with Crippen LogP contribution in [0.3, 0.4) is 0 Å². The number of nitrogens with one attached hydrogen (secondary N) is 1. The molecule has 1 N–H and O–H groups in total. The molecule has 1 heterocycles. The van der Waals surface area contributed by atoms with Crippen LogP contribution in [0.2, 0.25) is 0 Å². The second-order valence-electron chi connectivity index (χ2n) is 6.52. The van der Waals surface area contributed by atoms with Gasteiger partial charge in [-0.25, -0.2) is 0 Å². The van der Waals surface area contributed by atoms with Crippen LogP contribution in [0, 0.1) is 6.92 Å². The van der Waals surface area contributed by atoms with E-state index >= 15 is 0 Å². The second-order valence-corrected chi connectivity index (χ2v) is 6.52. The average Bonchev–Trinajstić information content (AvgIpc) is 2.58. The maximum absolute atomic E-state index is 11.9. The molecule has 5 heteroatoms. The van der Waals surface area contributed by atoms with E-state index in [4.69, 9.17) is 9.31 Å². The summed E-state index contributed by atoms with van der Waals surface area (Å²) in [6, 6.07) is 5.70. The smallest absolute Gasteiger partial charge is 0.399 e. The van der Waals surface area contributed by atoms with Crippen LogP contribution in [0.1, 0.15) is 50.5 Å². The number of carbonyl (C=O) groups excluding carboxylic acids is 1. The lowest BCUT2D eigenvalue weighted by Gasteiger charge is -2.32. The summed E-state index contributed by atoms with van der Waals surface area (Å²) in [5, 5.41) is 2.82. The highest BCUT2D eigenvalue weighted by molar-refractivity contribution is 6.62. The van der Waals surface area contributed by atoms with E-state index in [2.05, 4.69) is 5.32 Å². The lowest BCUT2D eigenvalue weighted by Crippen LogP contribution is -2.41. The Bertz CT molecular complexity index is 538. The number of hydrogen-bond acceptors (Lipinski definition) is 3. The molecule has 0 atom stereocenters. The topological polar surface area (TPSA) is 47.6 Å². The predicted molar refractivity (Wildman–Crippen MR) is 84.9 cm³/mol. The van der Waals surface area contributed by atoms with Gasteiger partial charge >= 0.3 is 7.12 Å². The van der Waals surface area contributed by atoms with Crippen LogP contribution in [0.15, 0.2) is 18.2 Å². The van der Waals surface area contributed by atoms with Gasteiger partial charge in [-0.1, -0.05) is 12.1 Å². The fraction of sp³-hybridized carbons (Fsp3) is 0.562. The monoisotopic (exact) mass is 289 g/mol. The second kappa shape index (κ2) is 5.46. The van der Waals surface area contributed by atoms with Gasteiger partial charge in [0, 0.05) is 12.1 Å². The molecule has 114 valence electrons. The number of carbonyl (C=O) groups is 1. The highest BCUT2D eigenvalue weighted by Crippen LogP contribution is 2.36.